The largest absolute Gasteiger partial charge is 0.418 e. The van der Waals surface area contributed by atoms with Gasteiger partial charge in [0.15, 0.2) is 0 Å². The quantitative estimate of drug-likeness (QED) is 0.530. The molecular formula is C21H22F3N3O3. The second kappa shape index (κ2) is 8.33. The molecule has 1 fully saturated rings. The summed E-state index contributed by atoms with van der Waals surface area (Å²) in [6.07, 6.45) is -4.72. The van der Waals surface area contributed by atoms with Crippen LogP contribution in [0.2, 0.25) is 0 Å². The van der Waals surface area contributed by atoms with E-state index in [-0.39, 0.29) is 37.8 Å². The van der Waals surface area contributed by atoms with Crippen molar-refractivity contribution >= 4 is 17.3 Å². The fourth-order valence-corrected chi connectivity index (χ4v) is 3.48. The number of halogens is 3. The van der Waals surface area contributed by atoms with Crippen molar-refractivity contribution < 1.29 is 22.9 Å². The van der Waals surface area contributed by atoms with Gasteiger partial charge in [0.05, 0.1) is 10.5 Å². The Morgan fingerprint density at radius 3 is 2.13 bits per heavy atom. The van der Waals surface area contributed by atoms with Gasteiger partial charge < -0.3 is 9.80 Å². The third kappa shape index (κ3) is 4.55. The van der Waals surface area contributed by atoms with Crippen molar-refractivity contribution in [2.45, 2.75) is 25.9 Å². The summed E-state index contributed by atoms with van der Waals surface area (Å²) >= 11 is 0. The number of non-ortho nitro benzene ring substituents is 1. The predicted octanol–water partition coefficient (Wildman–Crippen LogP) is 4.70. The maximum atomic E-state index is 13.4. The fourth-order valence-electron chi connectivity index (χ4n) is 3.48. The van der Waals surface area contributed by atoms with Gasteiger partial charge in [-0.1, -0.05) is 26.0 Å². The number of carbonyl (C=O) groups is 1. The number of nitro groups is 1. The molecular weight excluding hydrogens is 399 g/mol. The van der Waals surface area contributed by atoms with Gasteiger partial charge in [0.2, 0.25) is 0 Å². The Morgan fingerprint density at radius 1 is 1.03 bits per heavy atom. The highest BCUT2D eigenvalue weighted by Crippen LogP contribution is 2.39. The van der Waals surface area contributed by atoms with Gasteiger partial charge in [-0.2, -0.15) is 13.2 Å². The molecule has 3 rings (SSSR count). The van der Waals surface area contributed by atoms with Crippen LogP contribution in [0.3, 0.4) is 0 Å². The number of alkyl halides is 3. The van der Waals surface area contributed by atoms with Gasteiger partial charge in [-0.3, -0.25) is 14.9 Å². The molecule has 0 radical (unpaired) electrons. The Labute approximate surface area is 172 Å². The lowest BCUT2D eigenvalue weighted by molar-refractivity contribution is -0.385. The summed E-state index contributed by atoms with van der Waals surface area (Å²) in [5.74, 6) is 0.187. The number of carbonyl (C=O) groups excluding carboxylic acids is 1. The van der Waals surface area contributed by atoms with Gasteiger partial charge in [-0.25, -0.2) is 0 Å². The third-order valence-corrected chi connectivity index (χ3v) is 5.23. The standard InChI is InChI=1S/C21H22F3N3O3/c1-14(2)15-3-5-16(6-4-15)20(28)26-11-9-25(10-12-26)19-8-7-17(27(29)30)13-18(19)21(22,23)24/h3-8,13-14H,9-12H2,1-2H3. The second-order valence-corrected chi connectivity index (χ2v) is 7.51. The molecule has 30 heavy (non-hydrogen) atoms. The topological polar surface area (TPSA) is 66.7 Å². The molecule has 160 valence electrons. The average Bonchev–Trinajstić information content (AvgIpc) is 2.72. The number of piperazine rings is 1. The number of benzene rings is 2. The predicted molar refractivity (Wildman–Crippen MR) is 107 cm³/mol. The van der Waals surface area contributed by atoms with Crippen molar-refractivity contribution in [1.29, 1.82) is 0 Å². The molecule has 9 heteroatoms. The van der Waals surface area contributed by atoms with Crippen LogP contribution in [0.5, 0.6) is 0 Å². The molecule has 0 aliphatic carbocycles. The normalized spacial score (nSPS) is 14.9. The molecule has 6 nitrogen and oxygen atoms in total. The lowest BCUT2D eigenvalue weighted by atomic mass is 10.0. The lowest BCUT2D eigenvalue weighted by Crippen LogP contribution is -2.49. The average molecular weight is 421 g/mol. The van der Waals surface area contributed by atoms with Crippen molar-refractivity contribution in [3.05, 3.63) is 69.3 Å². The Bertz CT molecular complexity index is 935. The van der Waals surface area contributed by atoms with Crippen LogP contribution >= 0.6 is 0 Å². The maximum Gasteiger partial charge on any atom is 0.418 e. The van der Waals surface area contributed by atoms with Gasteiger partial charge >= 0.3 is 6.18 Å². The van der Waals surface area contributed by atoms with E-state index in [1.54, 1.807) is 17.0 Å². The van der Waals surface area contributed by atoms with Crippen LogP contribution in [-0.2, 0) is 6.18 Å². The van der Waals surface area contributed by atoms with Gasteiger partial charge in [-0.05, 0) is 29.7 Å². The molecule has 1 aliphatic heterocycles. The molecule has 0 unspecified atom stereocenters. The molecule has 0 spiro atoms. The van der Waals surface area contributed by atoms with Crippen molar-refractivity contribution in [3.8, 4) is 0 Å². The van der Waals surface area contributed by atoms with Crippen LogP contribution in [-0.4, -0.2) is 41.9 Å². The van der Waals surface area contributed by atoms with Crippen molar-refractivity contribution in [2.24, 2.45) is 0 Å². The van der Waals surface area contributed by atoms with E-state index in [4.69, 9.17) is 0 Å². The van der Waals surface area contributed by atoms with Gasteiger partial charge in [0, 0.05) is 49.6 Å². The Hall–Kier alpha value is -3.10. The maximum absolute atomic E-state index is 13.4. The van der Waals surface area contributed by atoms with E-state index in [1.165, 1.54) is 4.90 Å². The number of nitro benzene ring substituents is 1. The molecule has 1 saturated heterocycles. The summed E-state index contributed by atoms with van der Waals surface area (Å²) in [6, 6.07) is 10.1. The van der Waals surface area contributed by atoms with Crippen LogP contribution in [0.4, 0.5) is 24.5 Å². The van der Waals surface area contributed by atoms with Crippen LogP contribution in [0.25, 0.3) is 0 Å². The van der Waals surface area contributed by atoms with Gasteiger partial charge in [0.1, 0.15) is 0 Å². The second-order valence-electron chi connectivity index (χ2n) is 7.51. The zero-order chi connectivity index (χ0) is 22.1. The Kier molecular flexibility index (Phi) is 6.00. The summed E-state index contributed by atoms with van der Waals surface area (Å²) in [5.41, 5.74) is -0.0969. The molecule has 0 saturated carbocycles. The summed E-state index contributed by atoms with van der Waals surface area (Å²) in [4.78, 5) is 25.9. The summed E-state index contributed by atoms with van der Waals surface area (Å²) in [5, 5.41) is 10.9. The van der Waals surface area contributed by atoms with Gasteiger partial charge in [-0.15, -0.1) is 0 Å². The smallest absolute Gasteiger partial charge is 0.367 e. The first kappa shape index (κ1) is 21.6. The minimum Gasteiger partial charge on any atom is -0.367 e. The first-order valence-electron chi connectivity index (χ1n) is 9.57. The van der Waals surface area contributed by atoms with E-state index in [9.17, 15) is 28.1 Å². The molecule has 2 aromatic carbocycles. The number of anilines is 1. The Morgan fingerprint density at radius 2 is 1.63 bits per heavy atom. The summed E-state index contributed by atoms with van der Waals surface area (Å²) in [7, 11) is 0. The van der Waals surface area contributed by atoms with E-state index in [1.807, 2.05) is 12.1 Å². The monoisotopic (exact) mass is 421 g/mol. The zero-order valence-corrected chi connectivity index (χ0v) is 16.6. The molecule has 0 atom stereocenters. The molecule has 2 aromatic rings. The number of rotatable bonds is 4. The van der Waals surface area contributed by atoms with E-state index in [2.05, 4.69) is 13.8 Å². The number of amides is 1. The highest BCUT2D eigenvalue weighted by Gasteiger charge is 2.37. The highest BCUT2D eigenvalue weighted by atomic mass is 19.4. The SMILES string of the molecule is CC(C)c1ccc(C(=O)N2CCN(c3ccc([N+](=O)[O-])cc3C(F)(F)F)CC2)cc1. The van der Waals surface area contributed by atoms with Crippen molar-refractivity contribution in [3.63, 3.8) is 0 Å². The molecule has 1 heterocycles. The number of hydrogen-bond acceptors (Lipinski definition) is 4. The summed E-state index contributed by atoms with van der Waals surface area (Å²) < 4.78 is 40.3. The van der Waals surface area contributed by atoms with E-state index < -0.39 is 22.4 Å². The van der Waals surface area contributed by atoms with Crippen LogP contribution in [0.15, 0.2) is 42.5 Å². The number of nitrogens with zero attached hydrogens (tertiary/aromatic N) is 3. The first-order chi connectivity index (χ1) is 14.1. The highest BCUT2D eigenvalue weighted by molar-refractivity contribution is 5.94. The zero-order valence-electron chi connectivity index (χ0n) is 16.6. The number of hydrogen-bond donors (Lipinski definition) is 0. The molecule has 1 amide bonds. The lowest BCUT2D eigenvalue weighted by Gasteiger charge is -2.37. The minimum absolute atomic E-state index is 0.110. The Balaban J connectivity index is 1.74. The minimum atomic E-state index is -4.72. The first-order valence-corrected chi connectivity index (χ1v) is 9.57. The molecule has 0 bridgehead atoms. The van der Waals surface area contributed by atoms with Crippen LogP contribution in [0, 0.1) is 10.1 Å². The molecule has 1 aliphatic rings. The van der Waals surface area contributed by atoms with Crippen LogP contribution < -0.4 is 4.90 Å². The van der Waals surface area contributed by atoms with E-state index in [0.29, 0.717) is 17.5 Å². The fraction of sp³-hybridized carbons (Fsp3) is 0.381. The molecule has 0 N–H and O–H groups in total. The van der Waals surface area contributed by atoms with E-state index in [0.717, 1.165) is 17.7 Å². The van der Waals surface area contributed by atoms with Crippen molar-refractivity contribution in [1.82, 2.24) is 4.90 Å². The van der Waals surface area contributed by atoms with E-state index >= 15 is 0 Å². The molecule has 0 aromatic heterocycles. The van der Waals surface area contributed by atoms with Crippen molar-refractivity contribution in [2.75, 3.05) is 31.1 Å². The summed E-state index contributed by atoms with van der Waals surface area (Å²) in [6.45, 7) is 5.05. The third-order valence-electron chi connectivity index (χ3n) is 5.23. The van der Waals surface area contributed by atoms with Crippen LogP contribution in [0.1, 0.15) is 41.3 Å². The van der Waals surface area contributed by atoms with Gasteiger partial charge in [0.25, 0.3) is 11.6 Å².